The molecule has 3 unspecified atom stereocenters. The van der Waals surface area contributed by atoms with E-state index in [1.54, 1.807) is 30.5 Å². The number of nitrogens with one attached hydrogen (secondary N) is 1. The summed E-state index contributed by atoms with van der Waals surface area (Å²) in [7, 11) is 0. The predicted octanol–water partition coefficient (Wildman–Crippen LogP) is 4.63. The number of carbonyl (C=O) groups is 1. The number of rotatable bonds is 4. The van der Waals surface area contributed by atoms with Crippen molar-refractivity contribution in [3.63, 3.8) is 0 Å². The number of nitrogens with two attached hydrogens (primary N) is 1. The van der Waals surface area contributed by atoms with Crippen molar-refractivity contribution < 1.29 is 9.18 Å². The van der Waals surface area contributed by atoms with Crippen molar-refractivity contribution in [3.05, 3.63) is 65.9 Å². The molecule has 0 spiro atoms. The van der Waals surface area contributed by atoms with Gasteiger partial charge in [0.05, 0.1) is 22.9 Å². The third-order valence-corrected chi connectivity index (χ3v) is 7.70. The van der Waals surface area contributed by atoms with Crippen molar-refractivity contribution >= 4 is 22.5 Å². The molecule has 0 saturated heterocycles. The Balaban J connectivity index is 1.27. The first kappa shape index (κ1) is 21.5. The second-order valence-corrected chi connectivity index (χ2v) is 9.73. The average Bonchev–Trinajstić information content (AvgIpc) is 3.39. The van der Waals surface area contributed by atoms with Gasteiger partial charge in [0.25, 0.3) is 0 Å². The molecule has 2 heterocycles. The van der Waals surface area contributed by atoms with Gasteiger partial charge < -0.3 is 11.1 Å². The summed E-state index contributed by atoms with van der Waals surface area (Å²) in [5.74, 6) is 3.56. The van der Waals surface area contributed by atoms with Crippen molar-refractivity contribution in [3.8, 4) is 12.3 Å². The first-order valence-corrected chi connectivity index (χ1v) is 11.4. The van der Waals surface area contributed by atoms with Gasteiger partial charge in [-0.3, -0.25) is 9.78 Å². The molecule has 2 aromatic heterocycles. The van der Waals surface area contributed by atoms with E-state index < -0.39 is 5.54 Å². The molecule has 2 saturated carbocycles. The zero-order chi connectivity index (χ0) is 23.2. The Labute approximate surface area is 193 Å². The summed E-state index contributed by atoms with van der Waals surface area (Å²) in [6, 6.07) is 10.3. The molecule has 5 atom stereocenters. The van der Waals surface area contributed by atoms with Crippen LogP contribution in [0.3, 0.4) is 0 Å². The molecular weight excluding hydrogens is 415 g/mol. The van der Waals surface area contributed by atoms with Gasteiger partial charge in [-0.05, 0) is 98.2 Å². The number of hydrogen-bond acceptors (Lipinski definition) is 4. The van der Waals surface area contributed by atoms with E-state index in [0.29, 0.717) is 29.1 Å². The molecular formula is C27H27FN4O. The molecule has 3 N–H and O–H groups in total. The maximum atomic E-state index is 13.9. The van der Waals surface area contributed by atoms with Crippen molar-refractivity contribution in [1.29, 1.82) is 0 Å². The number of benzene rings is 1. The fourth-order valence-electron chi connectivity index (χ4n) is 5.86. The van der Waals surface area contributed by atoms with Crippen LogP contribution >= 0.6 is 0 Å². The summed E-state index contributed by atoms with van der Waals surface area (Å²) < 4.78 is 13.9. The highest BCUT2D eigenvalue weighted by atomic mass is 19.1. The number of anilines is 1. The summed E-state index contributed by atoms with van der Waals surface area (Å²) in [5, 5.41) is 3.81. The van der Waals surface area contributed by atoms with E-state index in [1.807, 2.05) is 19.2 Å². The molecule has 3 aromatic rings. The maximum Gasteiger partial charge on any atom is 0.244 e. The lowest BCUT2D eigenvalue weighted by molar-refractivity contribution is -0.122. The number of hydrogen-bond donors (Lipinski definition) is 2. The van der Waals surface area contributed by atoms with Crippen LogP contribution < -0.4 is 11.1 Å². The molecule has 168 valence electrons. The van der Waals surface area contributed by atoms with Crippen LogP contribution in [0, 0.1) is 35.9 Å². The van der Waals surface area contributed by atoms with Gasteiger partial charge in [-0.25, -0.2) is 9.37 Å². The van der Waals surface area contributed by atoms with Gasteiger partial charge >= 0.3 is 0 Å². The average molecular weight is 443 g/mol. The van der Waals surface area contributed by atoms with Gasteiger partial charge in [-0.15, -0.1) is 6.42 Å². The van der Waals surface area contributed by atoms with Crippen molar-refractivity contribution in [2.24, 2.45) is 23.5 Å². The molecule has 1 aromatic carbocycles. The van der Waals surface area contributed by atoms with E-state index >= 15 is 0 Å². The highest BCUT2D eigenvalue weighted by Gasteiger charge is 2.49. The molecule has 0 aliphatic heterocycles. The van der Waals surface area contributed by atoms with Crippen molar-refractivity contribution in [2.75, 3.05) is 5.32 Å². The zero-order valence-corrected chi connectivity index (χ0v) is 18.6. The topological polar surface area (TPSA) is 80.9 Å². The van der Waals surface area contributed by atoms with E-state index in [4.69, 9.17) is 12.2 Å². The number of fused-ring (bicyclic) bond motifs is 2. The molecule has 0 radical (unpaired) electrons. The molecule has 1 amide bonds. The first-order chi connectivity index (χ1) is 15.8. The molecule has 5 nitrogen and oxygen atoms in total. The quantitative estimate of drug-likeness (QED) is 0.578. The van der Waals surface area contributed by atoms with Crippen LogP contribution in [0.15, 0.2) is 48.8 Å². The minimum Gasteiger partial charge on any atom is -0.323 e. The fraction of sp³-hybridized carbons (Fsp3) is 0.370. The Hall–Kier alpha value is -3.30. The van der Waals surface area contributed by atoms with Gasteiger partial charge in [0.15, 0.2) is 0 Å². The van der Waals surface area contributed by atoms with Crippen LogP contribution in [0.5, 0.6) is 0 Å². The number of halogens is 1. The summed E-state index contributed by atoms with van der Waals surface area (Å²) in [6.45, 7) is 1.83. The van der Waals surface area contributed by atoms with Crippen molar-refractivity contribution in [2.45, 2.75) is 44.1 Å². The van der Waals surface area contributed by atoms with E-state index in [-0.39, 0.29) is 17.6 Å². The SMILES string of the molecule is C#Cc1ccc(NC(=O)C(C)(N)C2C[C@H]3CC(c4ccnc5ccc(F)cc45)C[C@H]3C2)cn1. The number of aromatic nitrogens is 2. The molecule has 2 aliphatic rings. The normalized spacial score (nSPS) is 25.9. The lowest BCUT2D eigenvalue weighted by atomic mass is 9.81. The Bertz CT molecular complexity index is 1230. The zero-order valence-electron chi connectivity index (χ0n) is 18.6. The summed E-state index contributed by atoms with van der Waals surface area (Å²) in [4.78, 5) is 21.5. The van der Waals surface area contributed by atoms with Gasteiger partial charge in [-0.2, -0.15) is 0 Å². The third-order valence-electron chi connectivity index (χ3n) is 7.70. The second-order valence-electron chi connectivity index (χ2n) is 9.73. The Morgan fingerprint density at radius 2 is 1.91 bits per heavy atom. The lowest BCUT2D eigenvalue weighted by Gasteiger charge is -2.31. The van der Waals surface area contributed by atoms with Crippen LogP contribution in [-0.2, 0) is 4.79 Å². The number of amides is 1. The van der Waals surface area contributed by atoms with Crippen LogP contribution in [0.4, 0.5) is 10.1 Å². The van der Waals surface area contributed by atoms with Gasteiger partial charge in [0, 0.05) is 11.6 Å². The number of pyridine rings is 2. The molecule has 2 aliphatic carbocycles. The van der Waals surface area contributed by atoms with Crippen molar-refractivity contribution in [1.82, 2.24) is 9.97 Å². The summed E-state index contributed by atoms with van der Waals surface area (Å²) >= 11 is 0. The Morgan fingerprint density at radius 3 is 2.58 bits per heavy atom. The Morgan fingerprint density at radius 1 is 1.15 bits per heavy atom. The fourth-order valence-corrected chi connectivity index (χ4v) is 5.86. The minimum atomic E-state index is -0.975. The predicted molar refractivity (Wildman–Crippen MR) is 127 cm³/mol. The van der Waals surface area contributed by atoms with Gasteiger partial charge in [-0.1, -0.05) is 5.92 Å². The first-order valence-electron chi connectivity index (χ1n) is 11.4. The van der Waals surface area contributed by atoms with Gasteiger partial charge in [0.1, 0.15) is 11.5 Å². The van der Waals surface area contributed by atoms with E-state index in [0.717, 1.165) is 36.6 Å². The van der Waals surface area contributed by atoms with E-state index in [9.17, 15) is 9.18 Å². The monoisotopic (exact) mass is 442 g/mol. The van der Waals surface area contributed by atoms with Gasteiger partial charge in [0.2, 0.25) is 5.91 Å². The standard InChI is InChI=1S/C27H27FN4O/c1-3-21-5-6-22(15-31-21)32-26(33)27(2,29)19-12-16-10-18(11-17(16)13-19)23-8-9-30-25-7-4-20(28)14-24(23)25/h1,4-9,14-19H,10-13,29H2,2H3,(H,32,33)/t16-,17+,18?,19?,27?. The number of carbonyl (C=O) groups excluding carboxylic acids is 1. The molecule has 0 bridgehead atoms. The summed E-state index contributed by atoms with van der Waals surface area (Å²) in [6.07, 6.45) is 12.6. The molecule has 5 rings (SSSR count). The smallest absolute Gasteiger partial charge is 0.244 e. The second kappa shape index (κ2) is 8.24. The number of terminal acetylenes is 1. The van der Waals surface area contributed by atoms with E-state index in [2.05, 4.69) is 21.2 Å². The van der Waals surface area contributed by atoms with Crippen LogP contribution in [-0.4, -0.2) is 21.4 Å². The molecule has 6 heteroatoms. The molecule has 33 heavy (non-hydrogen) atoms. The molecule has 2 fully saturated rings. The van der Waals surface area contributed by atoms with Crippen LogP contribution in [0.1, 0.15) is 49.8 Å². The number of nitrogens with zero attached hydrogens (tertiary/aromatic N) is 2. The highest BCUT2D eigenvalue weighted by Crippen LogP contribution is 2.55. The lowest BCUT2D eigenvalue weighted by Crippen LogP contribution is -2.53. The highest BCUT2D eigenvalue weighted by molar-refractivity contribution is 5.97. The van der Waals surface area contributed by atoms with E-state index in [1.165, 1.54) is 11.6 Å². The van der Waals surface area contributed by atoms with Crippen LogP contribution in [0.25, 0.3) is 10.9 Å². The Kier molecular flexibility index (Phi) is 5.38. The largest absolute Gasteiger partial charge is 0.323 e. The van der Waals surface area contributed by atoms with Crippen LogP contribution in [0.2, 0.25) is 0 Å². The third kappa shape index (κ3) is 3.98. The summed E-state index contributed by atoms with van der Waals surface area (Å²) in [5.41, 5.74) is 8.74. The minimum absolute atomic E-state index is 0.109. The maximum absolute atomic E-state index is 13.9.